The summed E-state index contributed by atoms with van der Waals surface area (Å²) >= 11 is 0. The largest absolute Gasteiger partial charge is 0.497 e. The molecular formula is C22H22F3N6O2+. The van der Waals surface area contributed by atoms with E-state index in [4.69, 9.17) is 10.5 Å². The van der Waals surface area contributed by atoms with Crippen molar-refractivity contribution in [2.24, 2.45) is 0 Å². The number of alkyl halides is 3. The van der Waals surface area contributed by atoms with Crippen LogP contribution in [0.5, 0.6) is 5.75 Å². The van der Waals surface area contributed by atoms with Gasteiger partial charge in [0.1, 0.15) is 11.4 Å². The average molecular weight is 459 g/mol. The third-order valence-electron chi connectivity index (χ3n) is 5.16. The lowest BCUT2D eigenvalue weighted by atomic mass is 9.99. The molecular weight excluding hydrogens is 437 g/mol. The summed E-state index contributed by atoms with van der Waals surface area (Å²) in [5.41, 5.74) is 9.51. The van der Waals surface area contributed by atoms with Crippen LogP contribution in [-0.2, 0) is 6.54 Å². The lowest BCUT2D eigenvalue weighted by Crippen LogP contribution is -2.28. The fourth-order valence-electron chi connectivity index (χ4n) is 3.75. The first kappa shape index (κ1) is 22.3. The first-order valence-electron chi connectivity index (χ1n) is 10.1. The number of fused-ring (bicyclic) bond motifs is 1. The minimum atomic E-state index is -4.43. The van der Waals surface area contributed by atoms with Crippen LogP contribution >= 0.6 is 0 Å². The van der Waals surface area contributed by atoms with Gasteiger partial charge in [0.2, 0.25) is 5.65 Å². The lowest BCUT2D eigenvalue weighted by molar-refractivity contribution is -0.351. The Morgan fingerprint density at radius 3 is 2.30 bits per heavy atom. The second-order valence-electron chi connectivity index (χ2n) is 7.66. The van der Waals surface area contributed by atoms with Crippen LogP contribution in [0.15, 0.2) is 41.2 Å². The van der Waals surface area contributed by atoms with Crippen molar-refractivity contribution in [3.05, 3.63) is 58.3 Å². The number of halogens is 3. The molecule has 0 bridgehead atoms. The van der Waals surface area contributed by atoms with Gasteiger partial charge in [0, 0.05) is 17.0 Å². The van der Waals surface area contributed by atoms with Crippen molar-refractivity contribution in [2.75, 3.05) is 12.8 Å². The Labute approximate surface area is 186 Å². The number of ether oxygens (including phenoxy) is 1. The molecule has 3 N–H and O–H groups in total. The van der Waals surface area contributed by atoms with E-state index in [1.807, 2.05) is 38.1 Å². The van der Waals surface area contributed by atoms with Crippen LogP contribution in [0.25, 0.3) is 28.0 Å². The van der Waals surface area contributed by atoms with Crippen LogP contribution < -0.4 is 21.1 Å². The normalized spacial score (nSPS) is 11.8. The molecule has 4 rings (SSSR count). The molecule has 0 aliphatic carbocycles. The Morgan fingerprint density at radius 1 is 1.09 bits per heavy atom. The van der Waals surface area contributed by atoms with Crippen LogP contribution in [0.3, 0.4) is 0 Å². The molecule has 33 heavy (non-hydrogen) atoms. The van der Waals surface area contributed by atoms with Crippen LogP contribution in [0.4, 0.5) is 19.1 Å². The van der Waals surface area contributed by atoms with E-state index in [0.29, 0.717) is 22.6 Å². The van der Waals surface area contributed by atoms with Crippen molar-refractivity contribution >= 4 is 11.6 Å². The molecule has 0 saturated carbocycles. The lowest BCUT2D eigenvalue weighted by Gasteiger charge is -2.11. The Balaban J connectivity index is 2.03. The predicted molar refractivity (Wildman–Crippen MR) is 116 cm³/mol. The van der Waals surface area contributed by atoms with E-state index in [9.17, 15) is 18.0 Å². The van der Waals surface area contributed by atoms with Gasteiger partial charge in [-0.2, -0.15) is 17.9 Å². The highest BCUT2D eigenvalue weighted by Crippen LogP contribution is 2.33. The summed E-state index contributed by atoms with van der Waals surface area (Å²) in [6, 6.07) is 10.8. The zero-order valence-corrected chi connectivity index (χ0v) is 18.2. The molecule has 4 aromatic rings. The fourth-order valence-corrected chi connectivity index (χ4v) is 3.75. The summed E-state index contributed by atoms with van der Waals surface area (Å²) < 4.78 is 45.5. The van der Waals surface area contributed by atoms with Crippen molar-refractivity contribution < 1.29 is 22.9 Å². The number of pyridine rings is 1. The molecule has 0 fully saturated rings. The monoisotopic (exact) mass is 459 g/mol. The topological polar surface area (TPSA) is 102 Å². The quantitative estimate of drug-likeness (QED) is 0.494. The number of methoxy groups -OCH3 is 1. The molecule has 0 unspecified atom stereocenters. The smallest absolute Gasteiger partial charge is 0.411 e. The zero-order chi connectivity index (χ0) is 23.9. The molecule has 0 amide bonds. The number of H-pyrrole nitrogens is 1. The first-order chi connectivity index (χ1) is 15.6. The van der Waals surface area contributed by atoms with Crippen molar-refractivity contribution in [1.29, 1.82) is 0 Å². The number of aryl methyl sites for hydroxylation is 3. The highest BCUT2D eigenvalue weighted by atomic mass is 19.4. The van der Waals surface area contributed by atoms with Crippen molar-refractivity contribution in [3.63, 3.8) is 0 Å². The summed E-state index contributed by atoms with van der Waals surface area (Å²) in [7, 11) is 1.55. The minimum Gasteiger partial charge on any atom is -0.497 e. The first-order valence-corrected chi connectivity index (χ1v) is 10.1. The molecule has 3 heterocycles. The van der Waals surface area contributed by atoms with Crippen LogP contribution in [0.1, 0.15) is 17.8 Å². The maximum absolute atomic E-state index is 12.9. The van der Waals surface area contributed by atoms with Crippen molar-refractivity contribution in [3.8, 4) is 28.1 Å². The molecule has 172 valence electrons. The molecule has 8 nitrogen and oxygen atoms in total. The third-order valence-corrected chi connectivity index (χ3v) is 5.16. The van der Waals surface area contributed by atoms with Gasteiger partial charge < -0.3 is 4.74 Å². The Hall–Kier alpha value is -3.89. The molecule has 1 aromatic carbocycles. The number of rotatable bonds is 5. The van der Waals surface area contributed by atoms with Gasteiger partial charge in [-0.15, -0.1) is 9.50 Å². The SMILES string of the molecule is COc1ccc(-c2[nH+]c(N)n3c(=O)n(CCC(F)(F)F)nc3c2-c2cc(C)nc(C)c2)cc1. The fraction of sp³-hybridized carbons (Fsp3) is 0.273. The summed E-state index contributed by atoms with van der Waals surface area (Å²) in [4.78, 5) is 20.3. The van der Waals surface area contributed by atoms with Gasteiger partial charge in [0.25, 0.3) is 0 Å². The van der Waals surface area contributed by atoms with Crippen LogP contribution in [-0.4, -0.2) is 32.5 Å². The zero-order valence-electron chi connectivity index (χ0n) is 18.2. The van der Waals surface area contributed by atoms with Gasteiger partial charge in [0.15, 0.2) is 0 Å². The Morgan fingerprint density at radius 2 is 1.73 bits per heavy atom. The van der Waals surface area contributed by atoms with Gasteiger partial charge in [0.05, 0.1) is 25.6 Å². The number of nitrogens with zero attached hydrogens (tertiary/aromatic N) is 4. The number of aromatic amines is 1. The molecule has 0 aliphatic rings. The molecule has 0 saturated heterocycles. The number of nitrogen functional groups attached to an aromatic ring is 1. The predicted octanol–water partition coefficient (Wildman–Crippen LogP) is 3.20. The molecule has 3 aromatic heterocycles. The second kappa shape index (κ2) is 8.23. The molecule has 0 radical (unpaired) electrons. The van der Waals surface area contributed by atoms with Gasteiger partial charge in [-0.1, -0.05) is 0 Å². The van der Waals surface area contributed by atoms with Crippen molar-refractivity contribution in [2.45, 2.75) is 33.0 Å². The second-order valence-corrected chi connectivity index (χ2v) is 7.66. The highest BCUT2D eigenvalue weighted by molar-refractivity contribution is 5.89. The summed E-state index contributed by atoms with van der Waals surface area (Å²) in [5.74, 6) is 0.600. The summed E-state index contributed by atoms with van der Waals surface area (Å²) in [6.45, 7) is 3.04. The number of nitrogens with two attached hydrogens (primary N) is 1. The number of nitrogens with one attached hydrogen (secondary N) is 1. The molecule has 0 aliphatic heterocycles. The molecule has 0 atom stereocenters. The van der Waals surface area contributed by atoms with Gasteiger partial charge in [-0.25, -0.2) is 9.78 Å². The Kier molecular flexibility index (Phi) is 5.56. The highest BCUT2D eigenvalue weighted by Gasteiger charge is 2.30. The minimum absolute atomic E-state index is 0.0506. The van der Waals surface area contributed by atoms with E-state index >= 15 is 0 Å². The van der Waals surface area contributed by atoms with E-state index in [-0.39, 0.29) is 11.6 Å². The van der Waals surface area contributed by atoms with Gasteiger partial charge in [-0.3, -0.25) is 10.7 Å². The van der Waals surface area contributed by atoms with Crippen LogP contribution in [0.2, 0.25) is 0 Å². The van der Waals surface area contributed by atoms with Gasteiger partial charge >= 0.3 is 17.8 Å². The maximum Gasteiger partial charge on any atom is 0.411 e. The van der Waals surface area contributed by atoms with Gasteiger partial charge in [-0.05, 0) is 55.8 Å². The average Bonchev–Trinajstić information content (AvgIpc) is 3.07. The summed E-state index contributed by atoms with van der Waals surface area (Å²) in [5, 5.41) is 4.25. The van der Waals surface area contributed by atoms with Crippen molar-refractivity contribution in [1.82, 2.24) is 19.2 Å². The number of benzene rings is 1. The van der Waals surface area contributed by atoms with E-state index in [0.717, 1.165) is 26.0 Å². The molecule has 11 heteroatoms. The number of anilines is 1. The Bertz CT molecular complexity index is 1370. The van der Waals surface area contributed by atoms with Crippen LogP contribution in [0, 0.1) is 13.8 Å². The standard InChI is InChI=1S/C22H21F3N6O2/c1-12-10-15(11-13(2)27-12)17-18(14-4-6-16(33-3)7-5-14)28-20(26)31-19(17)29-30(21(31)32)9-8-22(23,24)25/h4-7,10-11H,8-9H2,1-3H3,(H2,26,28)/p+1. The number of hydrogen-bond donors (Lipinski definition) is 1. The third kappa shape index (κ3) is 4.38. The number of aromatic nitrogens is 5. The molecule has 0 spiro atoms. The maximum atomic E-state index is 12.9. The van der Waals surface area contributed by atoms with E-state index in [1.165, 1.54) is 0 Å². The van der Waals surface area contributed by atoms with E-state index in [1.54, 1.807) is 19.2 Å². The number of hydrogen-bond acceptors (Lipinski definition) is 5. The van der Waals surface area contributed by atoms with E-state index in [2.05, 4.69) is 15.1 Å². The summed E-state index contributed by atoms with van der Waals surface area (Å²) in [6.07, 6.45) is -5.61. The van der Waals surface area contributed by atoms with E-state index < -0.39 is 24.8 Å².